The van der Waals surface area contributed by atoms with Crippen LogP contribution in [0.4, 0.5) is 17.6 Å². The maximum absolute atomic E-state index is 12.5. The third kappa shape index (κ3) is 6.94. The lowest BCUT2D eigenvalue weighted by Gasteiger charge is -2.25. The molecule has 3 aromatic rings. The molecule has 1 atom stereocenters. The first kappa shape index (κ1) is 26.5. The standard InChI is InChI=1S/C18H19N3O3.C7H4F4O/c1-11-10-12(5-6-13(11)18(23)19-2)17(22)21-14-7-9-24-15-4-3-8-20-16(14)15;8-5-3-1-2-4-6(5)12-7(9,10)11/h3-6,8,10,14H,7,9H2,1-2H3,(H,19,23)(H,21,22);1-4H. The minimum atomic E-state index is -4.85. The summed E-state index contributed by atoms with van der Waals surface area (Å²) in [5, 5.41) is 5.59. The van der Waals surface area contributed by atoms with Crippen LogP contribution >= 0.6 is 0 Å². The Kier molecular flexibility index (Phi) is 8.46. The van der Waals surface area contributed by atoms with Gasteiger partial charge in [0.05, 0.1) is 12.6 Å². The smallest absolute Gasteiger partial charge is 0.491 e. The van der Waals surface area contributed by atoms with Crippen LogP contribution in [0.5, 0.6) is 11.5 Å². The fourth-order valence-corrected chi connectivity index (χ4v) is 3.44. The highest BCUT2D eigenvalue weighted by atomic mass is 19.4. The number of aromatic nitrogens is 1. The van der Waals surface area contributed by atoms with Gasteiger partial charge in [-0.25, -0.2) is 4.39 Å². The van der Waals surface area contributed by atoms with Gasteiger partial charge >= 0.3 is 6.36 Å². The molecule has 190 valence electrons. The molecule has 4 rings (SSSR count). The number of amides is 2. The second kappa shape index (κ2) is 11.5. The molecule has 1 unspecified atom stereocenters. The molecular formula is C25H23F4N3O4. The van der Waals surface area contributed by atoms with Gasteiger partial charge in [0.2, 0.25) is 0 Å². The summed E-state index contributed by atoms with van der Waals surface area (Å²) >= 11 is 0. The number of rotatable bonds is 4. The molecule has 0 fully saturated rings. The summed E-state index contributed by atoms with van der Waals surface area (Å²) in [6.45, 7) is 2.35. The molecule has 2 heterocycles. The molecular weight excluding hydrogens is 482 g/mol. The number of pyridine rings is 1. The van der Waals surface area contributed by atoms with E-state index in [1.165, 1.54) is 12.1 Å². The van der Waals surface area contributed by atoms with E-state index in [9.17, 15) is 27.2 Å². The van der Waals surface area contributed by atoms with E-state index >= 15 is 0 Å². The number of nitrogens with zero attached hydrogens (tertiary/aromatic N) is 1. The summed E-state index contributed by atoms with van der Waals surface area (Å²) in [6.07, 6.45) is -2.48. The highest BCUT2D eigenvalue weighted by Gasteiger charge is 2.32. The number of aryl methyl sites for hydroxylation is 1. The van der Waals surface area contributed by atoms with Gasteiger partial charge in [-0.1, -0.05) is 12.1 Å². The minimum Gasteiger partial charge on any atom is -0.491 e. The van der Waals surface area contributed by atoms with Crippen LogP contribution in [0, 0.1) is 12.7 Å². The fraction of sp³-hybridized carbons (Fsp3) is 0.240. The summed E-state index contributed by atoms with van der Waals surface area (Å²) in [7, 11) is 1.58. The van der Waals surface area contributed by atoms with Crippen LogP contribution in [0.25, 0.3) is 0 Å². The van der Waals surface area contributed by atoms with Crippen LogP contribution in [-0.4, -0.2) is 36.8 Å². The van der Waals surface area contributed by atoms with Gasteiger partial charge in [-0.3, -0.25) is 14.6 Å². The van der Waals surface area contributed by atoms with E-state index in [4.69, 9.17) is 4.74 Å². The fourth-order valence-electron chi connectivity index (χ4n) is 3.44. The Hall–Kier alpha value is -4.15. The van der Waals surface area contributed by atoms with Crippen LogP contribution in [-0.2, 0) is 0 Å². The number of fused-ring (bicyclic) bond motifs is 1. The molecule has 7 nitrogen and oxygen atoms in total. The van der Waals surface area contributed by atoms with Gasteiger partial charge in [-0.2, -0.15) is 0 Å². The van der Waals surface area contributed by atoms with Gasteiger partial charge in [-0.15, -0.1) is 13.2 Å². The number of benzene rings is 2. The molecule has 0 spiro atoms. The van der Waals surface area contributed by atoms with Crippen molar-refractivity contribution in [2.24, 2.45) is 0 Å². The normalized spacial score (nSPS) is 14.3. The highest BCUT2D eigenvalue weighted by molar-refractivity contribution is 5.99. The SMILES string of the molecule is CNC(=O)c1ccc(C(=O)NC2CCOc3cccnc32)cc1C.Fc1ccccc1OC(F)(F)F. The van der Waals surface area contributed by atoms with Gasteiger partial charge in [0, 0.05) is 30.8 Å². The molecule has 11 heteroatoms. The van der Waals surface area contributed by atoms with E-state index < -0.39 is 17.9 Å². The molecule has 0 saturated heterocycles. The Balaban J connectivity index is 0.000000253. The predicted octanol–water partition coefficient (Wildman–Crippen LogP) is 4.73. The number of ether oxygens (including phenoxy) is 2. The third-order valence-corrected chi connectivity index (χ3v) is 5.12. The van der Waals surface area contributed by atoms with Gasteiger partial charge in [0.25, 0.3) is 11.8 Å². The second-order valence-electron chi connectivity index (χ2n) is 7.64. The van der Waals surface area contributed by atoms with Crippen LogP contribution < -0.4 is 20.1 Å². The summed E-state index contributed by atoms with van der Waals surface area (Å²) in [6, 6.07) is 12.9. The summed E-state index contributed by atoms with van der Waals surface area (Å²) in [5.74, 6) is -1.49. The topological polar surface area (TPSA) is 89.6 Å². The quantitative estimate of drug-likeness (QED) is 0.501. The van der Waals surface area contributed by atoms with E-state index in [-0.39, 0.29) is 17.9 Å². The molecule has 0 radical (unpaired) electrons. The summed E-state index contributed by atoms with van der Waals surface area (Å²) in [4.78, 5) is 28.6. The minimum absolute atomic E-state index is 0.165. The lowest BCUT2D eigenvalue weighted by atomic mass is 10.0. The monoisotopic (exact) mass is 505 g/mol. The summed E-state index contributed by atoms with van der Waals surface area (Å²) < 4.78 is 56.0. The highest BCUT2D eigenvalue weighted by Crippen LogP contribution is 2.30. The van der Waals surface area contributed by atoms with Crippen molar-refractivity contribution in [3.05, 3.63) is 89.0 Å². The largest absolute Gasteiger partial charge is 0.573 e. The van der Waals surface area contributed by atoms with Crippen molar-refractivity contribution in [2.45, 2.75) is 25.7 Å². The van der Waals surface area contributed by atoms with Crippen LogP contribution in [0.1, 0.15) is 44.4 Å². The maximum Gasteiger partial charge on any atom is 0.573 e. The predicted molar refractivity (Wildman–Crippen MR) is 122 cm³/mol. The van der Waals surface area contributed by atoms with Gasteiger partial charge in [0.15, 0.2) is 11.6 Å². The molecule has 2 amide bonds. The molecule has 36 heavy (non-hydrogen) atoms. The molecule has 0 saturated carbocycles. The average Bonchev–Trinajstić information content (AvgIpc) is 2.85. The van der Waals surface area contributed by atoms with Crippen molar-refractivity contribution in [3.63, 3.8) is 0 Å². The molecule has 2 N–H and O–H groups in total. The van der Waals surface area contributed by atoms with Gasteiger partial charge < -0.3 is 20.1 Å². The van der Waals surface area contributed by atoms with Crippen LogP contribution in [0.3, 0.4) is 0 Å². The number of carbonyl (C=O) groups is 2. The van der Waals surface area contributed by atoms with Gasteiger partial charge in [-0.05, 0) is 55.0 Å². The lowest BCUT2D eigenvalue weighted by molar-refractivity contribution is -0.275. The van der Waals surface area contributed by atoms with E-state index in [1.54, 1.807) is 31.4 Å². The van der Waals surface area contributed by atoms with Crippen molar-refractivity contribution in [1.82, 2.24) is 15.6 Å². The number of para-hydroxylation sites is 1. The van der Waals surface area contributed by atoms with E-state index in [0.29, 0.717) is 29.9 Å². The van der Waals surface area contributed by atoms with E-state index in [1.807, 2.05) is 19.1 Å². The molecule has 0 aliphatic carbocycles. The zero-order chi connectivity index (χ0) is 26.3. The number of carbonyl (C=O) groups excluding carboxylic acids is 2. The van der Waals surface area contributed by atoms with Crippen molar-refractivity contribution in [2.75, 3.05) is 13.7 Å². The first-order valence-electron chi connectivity index (χ1n) is 10.8. The van der Waals surface area contributed by atoms with Crippen molar-refractivity contribution in [1.29, 1.82) is 0 Å². The number of halogens is 4. The van der Waals surface area contributed by atoms with Crippen LogP contribution in [0.15, 0.2) is 60.8 Å². The van der Waals surface area contributed by atoms with Crippen molar-refractivity contribution >= 4 is 11.8 Å². The first-order valence-corrected chi connectivity index (χ1v) is 10.8. The molecule has 0 bridgehead atoms. The molecule has 2 aromatic carbocycles. The van der Waals surface area contributed by atoms with Crippen LogP contribution in [0.2, 0.25) is 0 Å². The number of hydrogen-bond acceptors (Lipinski definition) is 5. The van der Waals surface area contributed by atoms with Crippen molar-refractivity contribution < 1.29 is 36.6 Å². The number of hydrogen-bond donors (Lipinski definition) is 2. The Morgan fingerprint density at radius 2 is 1.83 bits per heavy atom. The second-order valence-corrected chi connectivity index (χ2v) is 7.64. The Morgan fingerprint density at radius 3 is 2.50 bits per heavy atom. The zero-order valence-electron chi connectivity index (χ0n) is 19.4. The van der Waals surface area contributed by atoms with Gasteiger partial charge in [0.1, 0.15) is 11.4 Å². The van der Waals surface area contributed by atoms with Crippen molar-refractivity contribution in [3.8, 4) is 11.5 Å². The number of alkyl halides is 3. The number of nitrogens with one attached hydrogen (secondary N) is 2. The van der Waals surface area contributed by atoms with E-state index in [2.05, 4.69) is 20.4 Å². The Bertz CT molecular complexity index is 1230. The zero-order valence-corrected chi connectivity index (χ0v) is 19.4. The Morgan fingerprint density at radius 1 is 1.08 bits per heavy atom. The molecule has 1 aromatic heterocycles. The lowest BCUT2D eigenvalue weighted by Crippen LogP contribution is -2.33. The molecule has 1 aliphatic rings. The molecule has 1 aliphatic heterocycles. The Labute approximate surface area is 204 Å². The average molecular weight is 505 g/mol. The maximum atomic E-state index is 12.5. The first-order chi connectivity index (χ1) is 17.1. The van der Waals surface area contributed by atoms with E-state index in [0.717, 1.165) is 23.4 Å². The summed E-state index contributed by atoms with van der Waals surface area (Å²) in [5.41, 5.74) is 2.58. The third-order valence-electron chi connectivity index (χ3n) is 5.12.